The molecule has 5 atom stereocenters. The molecular formula is C20H15I3O8. The molecule has 8 nitrogen and oxygen atoms in total. The van der Waals surface area contributed by atoms with Crippen molar-refractivity contribution in [3.05, 3.63) is 34.5 Å². The standard InChI is InChI=1S/C20H15I3O8/c21-9-6-10(22)16(15(23)14(9)17(24)25)31-20(28)13-8-2-1-7(5-8)12(13)19(27)30-11-3-4-29-18(11)26/h1-2,6-8,11-13H,3-5H2,(H,24,25). The Hall–Kier alpha value is -0.970. The largest absolute Gasteiger partial charge is 0.478 e. The van der Waals surface area contributed by atoms with Gasteiger partial charge in [-0.15, -0.1) is 0 Å². The molecule has 31 heavy (non-hydrogen) atoms. The fourth-order valence-corrected chi connectivity index (χ4v) is 8.35. The zero-order valence-corrected chi connectivity index (χ0v) is 22.2. The number of carbonyl (C=O) groups excluding carboxylic acids is 3. The average molecular weight is 764 g/mol. The molecule has 1 aromatic rings. The number of benzene rings is 1. The number of carbonyl (C=O) groups is 4. The van der Waals surface area contributed by atoms with E-state index in [9.17, 15) is 24.3 Å². The van der Waals surface area contributed by atoms with E-state index in [0.29, 0.717) is 23.6 Å². The summed E-state index contributed by atoms with van der Waals surface area (Å²) in [7, 11) is 0. The summed E-state index contributed by atoms with van der Waals surface area (Å²) in [6.07, 6.45) is 3.78. The third kappa shape index (κ3) is 4.32. The summed E-state index contributed by atoms with van der Waals surface area (Å²) >= 11 is 5.77. The first kappa shape index (κ1) is 23.2. The van der Waals surface area contributed by atoms with E-state index in [2.05, 4.69) is 0 Å². The van der Waals surface area contributed by atoms with Gasteiger partial charge in [0, 0.05) is 9.99 Å². The Bertz CT molecular complexity index is 1020. The molecular weight excluding hydrogens is 749 g/mol. The summed E-state index contributed by atoms with van der Waals surface area (Å²) in [6.45, 7) is 0.203. The normalized spacial score (nSPS) is 28.5. The average Bonchev–Trinajstić information content (AvgIpc) is 3.41. The fourth-order valence-electron chi connectivity index (χ4n) is 4.30. The summed E-state index contributed by atoms with van der Waals surface area (Å²) in [5.41, 5.74) is 0.0629. The van der Waals surface area contributed by atoms with Crippen LogP contribution in [0.2, 0.25) is 0 Å². The molecule has 1 saturated carbocycles. The van der Waals surface area contributed by atoms with Crippen molar-refractivity contribution in [1.29, 1.82) is 0 Å². The Balaban J connectivity index is 1.58. The molecule has 1 aliphatic heterocycles. The van der Waals surface area contributed by atoms with E-state index in [1.165, 1.54) is 0 Å². The number of hydrogen-bond donors (Lipinski definition) is 1. The maximum absolute atomic E-state index is 13.2. The number of esters is 3. The van der Waals surface area contributed by atoms with Crippen molar-refractivity contribution in [2.75, 3.05) is 6.61 Å². The van der Waals surface area contributed by atoms with E-state index in [-0.39, 0.29) is 29.8 Å². The first-order valence-electron chi connectivity index (χ1n) is 9.37. The van der Waals surface area contributed by atoms with Crippen LogP contribution >= 0.6 is 67.8 Å². The number of rotatable bonds is 5. The molecule has 4 rings (SSSR count). The Morgan fingerprint density at radius 2 is 1.68 bits per heavy atom. The van der Waals surface area contributed by atoms with Crippen molar-refractivity contribution in [3.8, 4) is 5.75 Å². The molecule has 3 aliphatic rings. The smallest absolute Gasteiger partial charge is 0.347 e. The number of carboxylic acid groups (broad SMARTS) is 1. The monoisotopic (exact) mass is 764 g/mol. The number of allylic oxidation sites excluding steroid dienone is 2. The summed E-state index contributed by atoms with van der Waals surface area (Å²) in [6, 6.07) is 1.63. The summed E-state index contributed by atoms with van der Waals surface area (Å²) < 4.78 is 17.3. The first-order valence-corrected chi connectivity index (χ1v) is 12.6. The second-order valence-electron chi connectivity index (χ2n) is 7.47. The molecule has 1 heterocycles. The van der Waals surface area contributed by atoms with Gasteiger partial charge in [-0.2, -0.15) is 0 Å². The van der Waals surface area contributed by atoms with E-state index in [1.54, 1.807) is 6.07 Å². The highest BCUT2D eigenvalue weighted by atomic mass is 127. The fraction of sp³-hybridized carbons (Fsp3) is 0.400. The number of cyclic esters (lactones) is 1. The molecule has 0 aromatic heterocycles. The minimum Gasteiger partial charge on any atom is -0.478 e. The predicted octanol–water partition coefficient (Wildman–Crippen LogP) is 3.40. The predicted molar refractivity (Wildman–Crippen MR) is 130 cm³/mol. The van der Waals surface area contributed by atoms with Crippen LogP contribution in [0.4, 0.5) is 0 Å². The lowest BCUT2D eigenvalue weighted by molar-refractivity contribution is -0.167. The molecule has 11 heteroatoms. The van der Waals surface area contributed by atoms with Gasteiger partial charge in [0.2, 0.25) is 6.10 Å². The number of hydrogen-bond acceptors (Lipinski definition) is 7. The molecule has 2 bridgehead atoms. The van der Waals surface area contributed by atoms with E-state index in [0.717, 1.165) is 0 Å². The number of ether oxygens (including phenoxy) is 3. The number of halogens is 3. The van der Waals surface area contributed by atoms with Gasteiger partial charge in [-0.25, -0.2) is 9.59 Å². The summed E-state index contributed by atoms with van der Waals surface area (Å²) in [4.78, 5) is 49.4. The van der Waals surface area contributed by atoms with Crippen LogP contribution in [-0.4, -0.2) is 41.7 Å². The Morgan fingerprint density at radius 3 is 2.26 bits per heavy atom. The van der Waals surface area contributed by atoms with Crippen LogP contribution in [-0.2, 0) is 23.9 Å². The van der Waals surface area contributed by atoms with Gasteiger partial charge in [-0.3, -0.25) is 9.59 Å². The first-order chi connectivity index (χ1) is 14.7. The molecule has 1 N–H and O–H groups in total. The van der Waals surface area contributed by atoms with Crippen molar-refractivity contribution in [3.63, 3.8) is 0 Å². The maximum atomic E-state index is 13.2. The highest BCUT2D eigenvalue weighted by Crippen LogP contribution is 2.49. The lowest BCUT2D eigenvalue weighted by Crippen LogP contribution is -2.38. The van der Waals surface area contributed by atoms with Crippen molar-refractivity contribution in [2.45, 2.75) is 18.9 Å². The third-order valence-corrected chi connectivity index (χ3v) is 8.38. The second-order valence-corrected chi connectivity index (χ2v) is 10.9. The van der Waals surface area contributed by atoms with Crippen LogP contribution in [0.3, 0.4) is 0 Å². The van der Waals surface area contributed by atoms with Crippen LogP contribution in [0, 0.1) is 34.4 Å². The van der Waals surface area contributed by atoms with Crippen molar-refractivity contribution >= 4 is 91.6 Å². The minimum absolute atomic E-state index is 0.0629. The van der Waals surface area contributed by atoms with E-state index in [4.69, 9.17) is 14.2 Å². The SMILES string of the molecule is O=C(O)c1c(I)cc(I)c(OC(=O)C2C3C=CC(C3)C2C(=O)OC2CCOC2=O)c1I. The van der Waals surface area contributed by atoms with Gasteiger partial charge in [0.05, 0.1) is 31.1 Å². The Labute approximate surface area is 217 Å². The lowest BCUT2D eigenvalue weighted by Gasteiger charge is -2.26. The van der Waals surface area contributed by atoms with Crippen molar-refractivity contribution in [2.24, 2.45) is 23.7 Å². The highest BCUT2D eigenvalue weighted by molar-refractivity contribution is 14.1. The lowest BCUT2D eigenvalue weighted by atomic mass is 9.83. The Kier molecular flexibility index (Phi) is 6.82. The van der Waals surface area contributed by atoms with Gasteiger partial charge < -0.3 is 19.3 Å². The van der Waals surface area contributed by atoms with Gasteiger partial charge in [0.25, 0.3) is 0 Å². The molecule has 2 aliphatic carbocycles. The van der Waals surface area contributed by atoms with Crippen molar-refractivity contribution < 1.29 is 38.5 Å². The topological polar surface area (TPSA) is 116 Å². The van der Waals surface area contributed by atoms with Gasteiger partial charge in [0.15, 0.2) is 5.75 Å². The van der Waals surface area contributed by atoms with E-state index >= 15 is 0 Å². The number of aromatic carboxylic acids is 1. The second kappa shape index (κ2) is 9.11. The summed E-state index contributed by atoms with van der Waals surface area (Å²) in [5.74, 6) is -4.61. The molecule has 164 valence electrons. The van der Waals surface area contributed by atoms with Crippen LogP contribution in [0.5, 0.6) is 5.75 Å². The molecule has 1 saturated heterocycles. The molecule has 0 radical (unpaired) electrons. The Morgan fingerprint density at radius 1 is 1.03 bits per heavy atom. The zero-order valence-electron chi connectivity index (χ0n) is 15.7. The minimum atomic E-state index is -1.12. The molecule has 0 amide bonds. The van der Waals surface area contributed by atoms with Crippen LogP contribution < -0.4 is 4.74 Å². The number of fused-ring (bicyclic) bond motifs is 2. The van der Waals surface area contributed by atoms with Gasteiger partial charge in [-0.05, 0) is 92.1 Å². The van der Waals surface area contributed by atoms with Crippen LogP contribution in [0.15, 0.2) is 18.2 Å². The van der Waals surface area contributed by atoms with Gasteiger partial charge >= 0.3 is 23.9 Å². The molecule has 5 unspecified atom stereocenters. The van der Waals surface area contributed by atoms with Crippen LogP contribution in [0.25, 0.3) is 0 Å². The van der Waals surface area contributed by atoms with E-state index in [1.807, 2.05) is 79.9 Å². The highest BCUT2D eigenvalue weighted by Gasteiger charge is 2.54. The quantitative estimate of drug-likeness (QED) is 0.210. The number of carboxylic acids is 1. The molecule has 2 fully saturated rings. The van der Waals surface area contributed by atoms with E-state index < -0.39 is 41.8 Å². The van der Waals surface area contributed by atoms with Gasteiger partial charge in [-0.1, -0.05) is 12.2 Å². The van der Waals surface area contributed by atoms with Crippen molar-refractivity contribution in [1.82, 2.24) is 0 Å². The summed E-state index contributed by atoms with van der Waals surface area (Å²) in [5, 5.41) is 9.50. The third-order valence-electron chi connectivity index (χ3n) is 5.69. The molecule has 0 spiro atoms. The zero-order chi connectivity index (χ0) is 22.4. The van der Waals surface area contributed by atoms with Crippen LogP contribution in [0.1, 0.15) is 23.2 Å². The molecule has 1 aromatic carbocycles. The maximum Gasteiger partial charge on any atom is 0.347 e. The van der Waals surface area contributed by atoms with Gasteiger partial charge in [0.1, 0.15) is 0 Å².